The molecule has 2 heterocycles. The van der Waals surface area contributed by atoms with Gasteiger partial charge in [0.2, 0.25) is 0 Å². The summed E-state index contributed by atoms with van der Waals surface area (Å²) in [4.78, 5) is 0. The number of para-hydroxylation sites is 2. The van der Waals surface area contributed by atoms with Crippen molar-refractivity contribution in [3.8, 4) is 55.9 Å². The van der Waals surface area contributed by atoms with Crippen LogP contribution in [0.1, 0.15) is 0 Å². The third kappa shape index (κ3) is 4.17. The van der Waals surface area contributed by atoms with E-state index in [0.29, 0.717) is 0 Å². The second kappa shape index (κ2) is 11.2. The third-order valence-corrected chi connectivity index (χ3v) is 11.6. The molecule has 11 aromatic rings. The standard InChI is InChI=1S/C52H32N2/c1-2-12-33(13-3-1)35-24-26-50-45(30-35)42-19-6-8-22-48(42)54(50)39-25-27-51-46(32-39)43-20-7-9-23-49(43)53(51)38-16-10-14-34(29-38)37-28-36-15-11-21-44-40-17-4-5-18-41(40)47(31-37)52(36)44/h1-32H. The van der Waals surface area contributed by atoms with Gasteiger partial charge in [0, 0.05) is 32.9 Å². The van der Waals surface area contributed by atoms with Gasteiger partial charge in [-0.1, -0.05) is 127 Å². The van der Waals surface area contributed by atoms with Crippen molar-refractivity contribution in [2.24, 2.45) is 0 Å². The molecule has 12 rings (SSSR count). The summed E-state index contributed by atoms with van der Waals surface area (Å²) in [5, 5.41) is 7.65. The maximum atomic E-state index is 2.43. The lowest BCUT2D eigenvalue weighted by atomic mass is 9.96. The lowest BCUT2D eigenvalue weighted by Gasteiger charge is -2.13. The predicted molar refractivity (Wildman–Crippen MR) is 228 cm³/mol. The van der Waals surface area contributed by atoms with E-state index in [1.54, 1.807) is 0 Å². The molecule has 2 nitrogen and oxygen atoms in total. The van der Waals surface area contributed by atoms with E-state index >= 15 is 0 Å². The van der Waals surface area contributed by atoms with Crippen molar-refractivity contribution in [2.75, 3.05) is 0 Å². The summed E-state index contributed by atoms with van der Waals surface area (Å²) in [7, 11) is 0. The normalized spacial score (nSPS) is 12.1. The number of hydrogen-bond donors (Lipinski definition) is 0. The molecule has 0 saturated heterocycles. The summed E-state index contributed by atoms with van der Waals surface area (Å²) in [5.41, 5.74) is 17.3. The maximum Gasteiger partial charge on any atom is 0.0542 e. The number of hydrogen-bond acceptors (Lipinski definition) is 0. The first kappa shape index (κ1) is 29.4. The minimum Gasteiger partial charge on any atom is -0.309 e. The quantitative estimate of drug-likeness (QED) is 0.175. The number of aromatic nitrogens is 2. The van der Waals surface area contributed by atoms with Gasteiger partial charge in [-0.15, -0.1) is 0 Å². The van der Waals surface area contributed by atoms with Crippen LogP contribution >= 0.6 is 0 Å². The van der Waals surface area contributed by atoms with Crippen molar-refractivity contribution in [3.05, 3.63) is 194 Å². The van der Waals surface area contributed by atoms with E-state index in [4.69, 9.17) is 0 Å². The Morgan fingerprint density at radius 2 is 0.815 bits per heavy atom. The van der Waals surface area contributed by atoms with Crippen molar-refractivity contribution >= 4 is 54.4 Å². The second-order valence-corrected chi connectivity index (χ2v) is 14.5. The summed E-state index contributed by atoms with van der Waals surface area (Å²) in [5.74, 6) is 0. The summed E-state index contributed by atoms with van der Waals surface area (Å²) in [6, 6.07) is 71.5. The summed E-state index contributed by atoms with van der Waals surface area (Å²) >= 11 is 0. The Balaban J connectivity index is 1.03. The Bertz CT molecular complexity index is 3320. The van der Waals surface area contributed by atoms with Gasteiger partial charge in [-0.3, -0.25) is 0 Å². The minimum atomic E-state index is 1.16. The van der Waals surface area contributed by atoms with Gasteiger partial charge in [-0.2, -0.15) is 0 Å². The van der Waals surface area contributed by atoms with Crippen LogP contribution in [0.2, 0.25) is 0 Å². The number of nitrogens with zero attached hydrogens (tertiary/aromatic N) is 2. The fourth-order valence-corrected chi connectivity index (χ4v) is 9.25. The van der Waals surface area contributed by atoms with Gasteiger partial charge in [0.05, 0.1) is 22.1 Å². The Kier molecular flexibility index (Phi) is 6.09. The van der Waals surface area contributed by atoms with Crippen molar-refractivity contribution in [1.29, 1.82) is 0 Å². The Hall–Kier alpha value is -7.16. The van der Waals surface area contributed by atoms with E-state index in [2.05, 4.69) is 203 Å². The van der Waals surface area contributed by atoms with Gasteiger partial charge in [-0.25, -0.2) is 0 Å². The van der Waals surface area contributed by atoms with Crippen LogP contribution in [0.4, 0.5) is 0 Å². The van der Waals surface area contributed by atoms with Crippen molar-refractivity contribution < 1.29 is 0 Å². The van der Waals surface area contributed by atoms with Gasteiger partial charge in [0.25, 0.3) is 0 Å². The highest BCUT2D eigenvalue weighted by atomic mass is 15.0. The highest BCUT2D eigenvalue weighted by Crippen LogP contribution is 2.49. The predicted octanol–water partition coefficient (Wildman–Crippen LogP) is 14.0. The minimum absolute atomic E-state index is 1.16. The van der Waals surface area contributed by atoms with Crippen LogP contribution in [0.5, 0.6) is 0 Å². The zero-order valence-corrected chi connectivity index (χ0v) is 29.4. The van der Waals surface area contributed by atoms with E-state index in [1.807, 2.05) is 0 Å². The maximum absolute atomic E-state index is 2.43. The molecule has 250 valence electrons. The highest BCUT2D eigenvalue weighted by Gasteiger charge is 2.22. The zero-order chi connectivity index (χ0) is 35.3. The molecule has 0 aliphatic heterocycles. The zero-order valence-electron chi connectivity index (χ0n) is 29.4. The molecule has 54 heavy (non-hydrogen) atoms. The topological polar surface area (TPSA) is 9.86 Å². The Morgan fingerprint density at radius 1 is 0.259 bits per heavy atom. The first-order chi connectivity index (χ1) is 26.8. The first-order valence-electron chi connectivity index (χ1n) is 18.7. The summed E-state index contributed by atoms with van der Waals surface area (Å²) in [6.07, 6.45) is 0. The van der Waals surface area contributed by atoms with E-state index < -0.39 is 0 Å². The average Bonchev–Trinajstić information content (AvgIpc) is 3.87. The molecule has 2 heteroatoms. The molecule has 0 N–H and O–H groups in total. The fourth-order valence-electron chi connectivity index (χ4n) is 9.25. The van der Waals surface area contributed by atoms with Gasteiger partial charge in [0.15, 0.2) is 0 Å². The SMILES string of the molecule is c1ccc(-c2ccc3c(c2)c2ccccc2n3-c2ccc3c(c2)c2ccccc2n3-c2cccc(-c3cc4c5c(cccc5c3)-c3ccccc3-4)c2)cc1. The number of fused-ring (bicyclic) bond motifs is 9. The van der Waals surface area contributed by atoms with E-state index in [1.165, 1.54) is 98.9 Å². The van der Waals surface area contributed by atoms with Crippen LogP contribution < -0.4 is 0 Å². The van der Waals surface area contributed by atoms with Gasteiger partial charge < -0.3 is 9.13 Å². The van der Waals surface area contributed by atoms with Crippen molar-refractivity contribution in [1.82, 2.24) is 9.13 Å². The lowest BCUT2D eigenvalue weighted by molar-refractivity contribution is 1.17. The number of rotatable bonds is 4. The second-order valence-electron chi connectivity index (χ2n) is 14.5. The third-order valence-electron chi connectivity index (χ3n) is 11.6. The molecule has 2 aromatic heterocycles. The van der Waals surface area contributed by atoms with Crippen LogP contribution in [-0.2, 0) is 0 Å². The molecule has 0 unspecified atom stereocenters. The monoisotopic (exact) mass is 684 g/mol. The molecule has 0 fully saturated rings. The van der Waals surface area contributed by atoms with Crippen LogP contribution in [0.3, 0.4) is 0 Å². The van der Waals surface area contributed by atoms with Gasteiger partial charge in [-0.05, 0) is 122 Å². The van der Waals surface area contributed by atoms with Crippen LogP contribution in [0.15, 0.2) is 194 Å². The Morgan fingerprint density at radius 3 is 1.59 bits per heavy atom. The van der Waals surface area contributed by atoms with Crippen LogP contribution in [0, 0.1) is 0 Å². The largest absolute Gasteiger partial charge is 0.309 e. The number of benzene rings is 9. The van der Waals surface area contributed by atoms with E-state index in [9.17, 15) is 0 Å². The van der Waals surface area contributed by atoms with Gasteiger partial charge >= 0.3 is 0 Å². The fraction of sp³-hybridized carbons (Fsp3) is 0. The van der Waals surface area contributed by atoms with Crippen LogP contribution in [0.25, 0.3) is 110 Å². The Labute approximate surface area is 312 Å². The summed E-state index contributed by atoms with van der Waals surface area (Å²) in [6.45, 7) is 0. The molecule has 1 aliphatic rings. The van der Waals surface area contributed by atoms with E-state index in [-0.39, 0.29) is 0 Å². The molecule has 9 aromatic carbocycles. The molecule has 1 aliphatic carbocycles. The molecule has 0 radical (unpaired) electrons. The molecule has 0 amide bonds. The van der Waals surface area contributed by atoms with Crippen molar-refractivity contribution in [3.63, 3.8) is 0 Å². The molecule has 0 saturated carbocycles. The summed E-state index contributed by atoms with van der Waals surface area (Å²) < 4.78 is 4.86. The van der Waals surface area contributed by atoms with Crippen molar-refractivity contribution in [2.45, 2.75) is 0 Å². The highest BCUT2D eigenvalue weighted by molar-refractivity contribution is 6.17. The molecule has 0 atom stereocenters. The smallest absolute Gasteiger partial charge is 0.0542 e. The van der Waals surface area contributed by atoms with Gasteiger partial charge in [0.1, 0.15) is 0 Å². The van der Waals surface area contributed by atoms with E-state index in [0.717, 1.165) is 11.4 Å². The molecule has 0 spiro atoms. The lowest BCUT2D eigenvalue weighted by Crippen LogP contribution is -1.96. The first-order valence-corrected chi connectivity index (χ1v) is 18.7. The molecular formula is C52H32N2. The molecule has 0 bridgehead atoms. The molecular weight excluding hydrogens is 653 g/mol. The van der Waals surface area contributed by atoms with Crippen LogP contribution in [-0.4, -0.2) is 9.13 Å². The average molecular weight is 685 g/mol.